The molecule has 1 aromatic carbocycles. The van der Waals surface area contributed by atoms with E-state index in [-0.39, 0.29) is 24.1 Å². The van der Waals surface area contributed by atoms with Crippen molar-refractivity contribution < 1.29 is 28.8 Å². The van der Waals surface area contributed by atoms with Gasteiger partial charge < -0.3 is 14.9 Å². The SMILES string of the molecule is CC(=O)N(CC(=O)O)C1CCCN(C(=O)c2ccc(F)cc2[N+](=O)[O-])CC1. The van der Waals surface area contributed by atoms with Crippen LogP contribution in [0.15, 0.2) is 18.2 Å². The number of carboxylic acids is 1. The number of carbonyl (C=O) groups excluding carboxylic acids is 2. The minimum atomic E-state index is -1.12. The lowest BCUT2D eigenvalue weighted by Crippen LogP contribution is -2.43. The Balaban J connectivity index is 2.16. The van der Waals surface area contributed by atoms with E-state index < -0.39 is 34.8 Å². The zero-order valence-electron chi connectivity index (χ0n) is 14.8. The summed E-state index contributed by atoms with van der Waals surface area (Å²) in [4.78, 5) is 48.4. The minimum Gasteiger partial charge on any atom is -0.480 e. The van der Waals surface area contributed by atoms with E-state index >= 15 is 0 Å². The molecule has 0 aromatic heterocycles. The summed E-state index contributed by atoms with van der Waals surface area (Å²) in [5, 5.41) is 20.1. The molecule has 1 fully saturated rings. The lowest BCUT2D eigenvalue weighted by atomic mass is 10.1. The molecule has 1 atom stereocenters. The first kappa shape index (κ1) is 20.3. The van der Waals surface area contributed by atoms with Crippen LogP contribution in [0.5, 0.6) is 0 Å². The Kier molecular flexibility index (Phi) is 6.43. The highest BCUT2D eigenvalue weighted by atomic mass is 19.1. The number of aliphatic carboxylic acids is 1. The van der Waals surface area contributed by atoms with Crippen molar-refractivity contribution >= 4 is 23.5 Å². The number of carbonyl (C=O) groups is 3. The minimum absolute atomic E-state index is 0.200. The third kappa shape index (κ3) is 4.99. The Labute approximate surface area is 154 Å². The van der Waals surface area contributed by atoms with E-state index in [1.165, 1.54) is 16.7 Å². The first-order chi connectivity index (χ1) is 12.7. The Morgan fingerprint density at radius 2 is 2.04 bits per heavy atom. The fourth-order valence-corrected chi connectivity index (χ4v) is 3.24. The van der Waals surface area contributed by atoms with E-state index in [4.69, 9.17) is 5.11 Å². The standard InChI is InChI=1S/C17H20FN3O6/c1-11(22)20(10-16(23)24)13-3-2-7-19(8-6-13)17(25)14-5-4-12(18)9-15(14)21(26)27/h4-5,9,13H,2-3,6-8,10H2,1H3,(H,23,24). The van der Waals surface area contributed by atoms with Gasteiger partial charge in [0.2, 0.25) is 5.91 Å². The summed E-state index contributed by atoms with van der Waals surface area (Å²) in [6.07, 6.45) is 1.38. The summed E-state index contributed by atoms with van der Waals surface area (Å²) in [6, 6.07) is 2.45. The summed E-state index contributed by atoms with van der Waals surface area (Å²) >= 11 is 0. The molecule has 27 heavy (non-hydrogen) atoms. The van der Waals surface area contributed by atoms with E-state index in [0.717, 1.165) is 12.1 Å². The van der Waals surface area contributed by atoms with Gasteiger partial charge in [0, 0.05) is 26.1 Å². The van der Waals surface area contributed by atoms with E-state index in [0.29, 0.717) is 31.9 Å². The van der Waals surface area contributed by atoms with Crippen LogP contribution in [0.1, 0.15) is 36.5 Å². The van der Waals surface area contributed by atoms with Gasteiger partial charge in [0.1, 0.15) is 17.9 Å². The number of rotatable bonds is 5. The number of nitrogens with zero attached hydrogens (tertiary/aromatic N) is 3. The first-order valence-corrected chi connectivity index (χ1v) is 8.43. The summed E-state index contributed by atoms with van der Waals surface area (Å²) in [5.41, 5.74) is -0.800. The van der Waals surface area contributed by atoms with E-state index in [1.54, 1.807) is 0 Å². The second-order valence-corrected chi connectivity index (χ2v) is 6.34. The molecule has 0 radical (unpaired) electrons. The van der Waals surface area contributed by atoms with Crippen LogP contribution in [0.3, 0.4) is 0 Å². The fraction of sp³-hybridized carbons (Fsp3) is 0.471. The van der Waals surface area contributed by atoms with Crippen molar-refractivity contribution in [3.05, 3.63) is 39.7 Å². The van der Waals surface area contributed by atoms with Gasteiger partial charge in [-0.05, 0) is 31.4 Å². The van der Waals surface area contributed by atoms with Crippen molar-refractivity contribution in [1.29, 1.82) is 0 Å². The van der Waals surface area contributed by atoms with Gasteiger partial charge in [0.15, 0.2) is 0 Å². The van der Waals surface area contributed by atoms with Gasteiger partial charge in [-0.1, -0.05) is 0 Å². The van der Waals surface area contributed by atoms with Crippen molar-refractivity contribution in [2.75, 3.05) is 19.6 Å². The van der Waals surface area contributed by atoms with Gasteiger partial charge in [0.05, 0.1) is 11.0 Å². The second kappa shape index (κ2) is 8.56. The van der Waals surface area contributed by atoms with Gasteiger partial charge >= 0.3 is 5.97 Å². The van der Waals surface area contributed by atoms with Crippen LogP contribution in [-0.4, -0.2) is 63.3 Å². The summed E-state index contributed by atoms with van der Waals surface area (Å²) < 4.78 is 13.3. The Bertz CT molecular complexity index is 769. The van der Waals surface area contributed by atoms with Crippen LogP contribution in [0.2, 0.25) is 0 Å². The summed E-state index contributed by atoms with van der Waals surface area (Å²) in [6.45, 7) is 1.39. The molecule has 1 aliphatic rings. The third-order valence-electron chi connectivity index (χ3n) is 4.52. The van der Waals surface area contributed by atoms with Crippen LogP contribution < -0.4 is 0 Å². The van der Waals surface area contributed by atoms with Crippen LogP contribution in [0.25, 0.3) is 0 Å². The van der Waals surface area contributed by atoms with Crippen molar-refractivity contribution in [3.8, 4) is 0 Å². The first-order valence-electron chi connectivity index (χ1n) is 8.43. The molecule has 1 saturated heterocycles. The number of hydrogen-bond acceptors (Lipinski definition) is 5. The van der Waals surface area contributed by atoms with Gasteiger partial charge in [-0.2, -0.15) is 0 Å². The average Bonchev–Trinajstić information content (AvgIpc) is 2.84. The van der Waals surface area contributed by atoms with Gasteiger partial charge in [0.25, 0.3) is 11.6 Å². The molecule has 146 valence electrons. The summed E-state index contributed by atoms with van der Waals surface area (Å²) in [7, 11) is 0. The predicted molar refractivity (Wildman–Crippen MR) is 91.6 cm³/mol. The average molecular weight is 381 g/mol. The number of halogens is 1. The molecule has 2 amide bonds. The molecular formula is C17H20FN3O6. The Morgan fingerprint density at radius 1 is 1.33 bits per heavy atom. The molecule has 0 saturated carbocycles. The summed E-state index contributed by atoms with van der Waals surface area (Å²) in [5.74, 6) is -2.88. The number of benzene rings is 1. The number of nitro groups is 1. The number of hydrogen-bond donors (Lipinski definition) is 1. The van der Waals surface area contributed by atoms with Crippen molar-refractivity contribution in [2.24, 2.45) is 0 Å². The number of amides is 2. The molecule has 1 aromatic rings. The molecule has 1 aliphatic heterocycles. The van der Waals surface area contributed by atoms with E-state index in [1.807, 2.05) is 0 Å². The van der Waals surface area contributed by atoms with Gasteiger partial charge in [-0.3, -0.25) is 24.5 Å². The molecule has 0 bridgehead atoms. The topological polar surface area (TPSA) is 121 Å². The van der Waals surface area contributed by atoms with E-state index in [2.05, 4.69) is 0 Å². The predicted octanol–water partition coefficient (Wildman–Crippen LogP) is 1.66. The molecule has 1 N–H and O–H groups in total. The molecule has 0 aliphatic carbocycles. The fourth-order valence-electron chi connectivity index (χ4n) is 3.24. The van der Waals surface area contributed by atoms with Crippen LogP contribution in [0, 0.1) is 15.9 Å². The largest absolute Gasteiger partial charge is 0.480 e. The van der Waals surface area contributed by atoms with Gasteiger partial charge in [-0.15, -0.1) is 0 Å². The number of carboxylic acid groups (broad SMARTS) is 1. The maximum absolute atomic E-state index is 13.3. The van der Waals surface area contributed by atoms with Crippen LogP contribution in [-0.2, 0) is 9.59 Å². The second-order valence-electron chi connectivity index (χ2n) is 6.34. The van der Waals surface area contributed by atoms with E-state index in [9.17, 15) is 28.9 Å². The van der Waals surface area contributed by atoms with Crippen LogP contribution >= 0.6 is 0 Å². The number of nitro benzene ring substituents is 1. The third-order valence-corrected chi connectivity index (χ3v) is 4.52. The maximum atomic E-state index is 13.3. The number of likely N-dealkylation sites (tertiary alicyclic amines) is 1. The highest BCUT2D eigenvalue weighted by Gasteiger charge is 2.30. The van der Waals surface area contributed by atoms with Crippen molar-refractivity contribution in [3.63, 3.8) is 0 Å². The molecule has 1 heterocycles. The maximum Gasteiger partial charge on any atom is 0.323 e. The molecule has 1 unspecified atom stereocenters. The van der Waals surface area contributed by atoms with Crippen molar-refractivity contribution in [2.45, 2.75) is 32.2 Å². The molecular weight excluding hydrogens is 361 g/mol. The smallest absolute Gasteiger partial charge is 0.323 e. The highest BCUT2D eigenvalue weighted by Crippen LogP contribution is 2.24. The Hall–Kier alpha value is -3.04. The molecule has 2 rings (SSSR count). The van der Waals surface area contributed by atoms with Gasteiger partial charge in [-0.25, -0.2) is 4.39 Å². The molecule has 9 nitrogen and oxygen atoms in total. The monoisotopic (exact) mass is 381 g/mol. The van der Waals surface area contributed by atoms with Crippen LogP contribution in [0.4, 0.5) is 10.1 Å². The normalized spacial score (nSPS) is 17.1. The quantitative estimate of drug-likeness (QED) is 0.612. The molecule has 10 heteroatoms. The van der Waals surface area contributed by atoms with Crippen molar-refractivity contribution in [1.82, 2.24) is 9.80 Å². The zero-order valence-corrected chi connectivity index (χ0v) is 14.8. The molecule has 0 spiro atoms. The zero-order chi connectivity index (χ0) is 20.1. The Morgan fingerprint density at radius 3 is 2.63 bits per heavy atom. The highest BCUT2D eigenvalue weighted by molar-refractivity contribution is 5.98. The lowest BCUT2D eigenvalue weighted by molar-refractivity contribution is -0.385. The lowest BCUT2D eigenvalue weighted by Gasteiger charge is -2.28.